The second-order valence-electron chi connectivity index (χ2n) is 23.2. The highest BCUT2D eigenvalue weighted by molar-refractivity contribution is 6.11. The Hall–Kier alpha value is -10.4. The van der Waals surface area contributed by atoms with Crippen LogP contribution >= 0.6 is 0 Å². The number of rotatable bonds is 9. The first-order valence-electron chi connectivity index (χ1n) is 33.8. The van der Waals surface area contributed by atoms with Crippen LogP contribution in [0, 0.1) is 33.6 Å². The van der Waals surface area contributed by atoms with Crippen LogP contribution < -0.4 is 13.7 Å². The van der Waals surface area contributed by atoms with E-state index >= 15 is 0 Å². The van der Waals surface area contributed by atoms with Gasteiger partial charge in [0, 0.05) is 98.3 Å². The van der Waals surface area contributed by atoms with Crippen molar-refractivity contribution in [1.82, 2.24) is 15.0 Å². The number of hydrogen-bond acceptors (Lipinski definition) is 6. The highest BCUT2D eigenvalue weighted by Gasteiger charge is 2.25. The van der Waals surface area contributed by atoms with Crippen molar-refractivity contribution in [1.29, 1.82) is 0 Å². The van der Waals surface area contributed by atoms with E-state index in [-0.39, 0.29) is 6.42 Å². The maximum Gasteiger partial charge on any atom is 0.227 e. The van der Waals surface area contributed by atoms with Crippen LogP contribution in [0.25, 0.3) is 133 Å². The number of nitrogens with zero attached hydrogens (tertiary/aromatic N) is 6. The van der Waals surface area contributed by atoms with Gasteiger partial charge in [-0.3, -0.25) is 0 Å². The molecule has 0 fully saturated rings. The van der Waals surface area contributed by atoms with Gasteiger partial charge < -0.3 is 13.3 Å². The lowest BCUT2D eigenvalue weighted by atomic mass is 9.96. The quantitative estimate of drug-likeness (QED) is 0.134. The van der Waals surface area contributed by atoms with Crippen LogP contribution in [0.3, 0.4) is 0 Å². The number of hydrogen-bond donors (Lipinski definition) is 0. The number of aryl methyl sites for hydroxylation is 7. The largest absolute Gasteiger partial charge is 0.437 e. The Bertz CT molecular complexity index is 5500. The molecule has 9 nitrogen and oxygen atoms in total. The normalized spacial score (nSPS) is 14.5. The monoisotopic (exact) mass is 1170 g/mol. The Balaban J connectivity index is 0.000000132. The van der Waals surface area contributed by atoms with Crippen molar-refractivity contribution in [2.45, 2.75) is 67.6 Å². The lowest BCUT2D eigenvalue weighted by Gasteiger charge is -2.09. The van der Waals surface area contributed by atoms with E-state index in [4.69, 9.17) is 24.2 Å². The van der Waals surface area contributed by atoms with Crippen molar-refractivity contribution < 1.29 is 37.9 Å². The molecular weight excluding hydrogens is 1090 g/mol. The van der Waals surface area contributed by atoms with Gasteiger partial charge in [0.25, 0.3) is 0 Å². The van der Waals surface area contributed by atoms with Crippen LogP contribution in [0.1, 0.15) is 77.8 Å². The van der Waals surface area contributed by atoms with Gasteiger partial charge >= 0.3 is 0 Å². The van der Waals surface area contributed by atoms with E-state index in [2.05, 4.69) is 167 Å². The first kappa shape index (κ1) is 48.7. The first-order chi connectivity index (χ1) is 46.2. The third-order valence-electron chi connectivity index (χ3n) is 16.9. The summed E-state index contributed by atoms with van der Waals surface area (Å²) in [5.41, 5.74) is 23.1. The first-order valence-corrected chi connectivity index (χ1v) is 29.8. The van der Waals surface area contributed by atoms with Crippen molar-refractivity contribution in [3.63, 3.8) is 0 Å². The van der Waals surface area contributed by atoms with Gasteiger partial charge in [0.1, 0.15) is 21.1 Å². The standard InChI is InChI=1S/C28H27N2O.C27H25N2O.C25H21N2O/c1-18(2)16-20-8-10-21(11-9-20)22-13-15-30(4)25(17-22)26-19(3)7-12-23-24-6-5-14-29-28(24)31-27(23)26;1-17(2)19-8-10-20(11-9-19)21-13-15-29(4)24(16-21)25-18(3)7-12-22-23-6-5-14-28-27(23)30-26(22)25;1-16-6-9-18(10-7-16)19-12-14-27(3)22(15-19)23-17(2)8-11-20-21-5-4-13-26-25(21)28-24(20)23/h5-15,17-18H,16H2,1-4H3;5-17H,1-4H3;4-15H,1-3H3/q3*+1/i1D3,18D;1D3,17D;. The summed E-state index contributed by atoms with van der Waals surface area (Å²) in [6.07, 6.45) is 11.6. The Morgan fingerprint density at radius 1 is 0.404 bits per heavy atom. The van der Waals surface area contributed by atoms with E-state index in [1.54, 1.807) is 30.7 Å². The highest BCUT2D eigenvalue weighted by atomic mass is 16.3. The van der Waals surface area contributed by atoms with Crippen LogP contribution in [0.5, 0.6) is 0 Å². The smallest absolute Gasteiger partial charge is 0.227 e. The fourth-order valence-corrected chi connectivity index (χ4v) is 12.0. The van der Waals surface area contributed by atoms with Crippen LogP contribution in [0.4, 0.5) is 0 Å². The molecule has 0 aliphatic heterocycles. The predicted molar refractivity (Wildman–Crippen MR) is 362 cm³/mol. The van der Waals surface area contributed by atoms with Crippen molar-refractivity contribution >= 4 is 66.2 Å². The van der Waals surface area contributed by atoms with Gasteiger partial charge in [0.2, 0.25) is 34.2 Å². The van der Waals surface area contributed by atoms with Gasteiger partial charge in [0.15, 0.2) is 35.3 Å². The molecular formula is C80H73N6O3+3. The summed E-state index contributed by atoms with van der Waals surface area (Å²) in [4.78, 5) is 13.2. The Morgan fingerprint density at radius 3 is 1.12 bits per heavy atom. The third-order valence-corrected chi connectivity index (χ3v) is 16.9. The van der Waals surface area contributed by atoms with Gasteiger partial charge in [-0.05, 0) is 143 Å². The number of aromatic nitrogens is 6. The van der Waals surface area contributed by atoms with E-state index in [1.165, 1.54) is 36.1 Å². The number of pyridine rings is 6. The Labute approximate surface area is 531 Å². The second kappa shape index (κ2) is 24.1. The van der Waals surface area contributed by atoms with E-state index in [0.717, 1.165) is 122 Å². The van der Waals surface area contributed by atoms with Gasteiger partial charge in [-0.25, -0.2) is 28.7 Å². The summed E-state index contributed by atoms with van der Waals surface area (Å²) in [5, 5.41) is 6.20. The minimum absolute atomic E-state index is 0.167. The SMILES string of the molecule is Cc1ccc(-c2cc[n+](C)c(-c3c(C)ccc4c3oc3ncccc34)c2)cc1.[2H]C([2H])([2H])C([2H])(C)Cc1ccc(-c2cc[n+](C)c(-c3c(C)ccc4c3oc3ncccc34)c2)cc1.[2H]C([2H])([2H])C([2H])(C)c1ccc(-c2cc[n+](C)c(-c3c(C)ccc4c3oc3ncccc34)c2)cc1. The zero-order chi connectivity index (χ0) is 68.5. The Kier molecular flexibility index (Phi) is 13.2. The molecule has 2 atom stereocenters. The number of benzene rings is 6. The molecule has 9 heterocycles. The second-order valence-corrected chi connectivity index (χ2v) is 23.2. The van der Waals surface area contributed by atoms with Gasteiger partial charge in [-0.2, -0.15) is 0 Å². The zero-order valence-electron chi connectivity index (χ0n) is 59.4. The fraction of sp³-hybridized carbons (Fsp3) is 0.175. The predicted octanol–water partition coefficient (Wildman–Crippen LogP) is 19.0. The molecule has 15 aromatic rings. The van der Waals surface area contributed by atoms with E-state index in [9.17, 15) is 0 Å². The van der Waals surface area contributed by atoms with Crippen molar-refractivity contribution in [3.05, 3.63) is 253 Å². The average molecular weight is 1170 g/mol. The molecule has 89 heavy (non-hydrogen) atoms. The molecule has 9 aromatic heterocycles. The highest BCUT2D eigenvalue weighted by Crippen LogP contribution is 2.41. The lowest BCUT2D eigenvalue weighted by Crippen LogP contribution is -2.30. The number of furan rings is 3. The van der Waals surface area contributed by atoms with E-state index in [0.29, 0.717) is 22.7 Å². The zero-order valence-corrected chi connectivity index (χ0v) is 51.4. The summed E-state index contributed by atoms with van der Waals surface area (Å²) in [7, 11) is 6.10. The summed E-state index contributed by atoms with van der Waals surface area (Å²) < 4.78 is 87.5. The van der Waals surface area contributed by atoms with Gasteiger partial charge in [-0.15, -0.1) is 0 Å². The van der Waals surface area contributed by atoms with Crippen LogP contribution in [0.2, 0.25) is 0 Å². The van der Waals surface area contributed by atoms with E-state index in [1.807, 2.05) is 99.3 Å². The van der Waals surface area contributed by atoms with Gasteiger partial charge in [-0.1, -0.05) is 142 Å². The average Bonchev–Trinajstić information content (AvgIpc) is 1.65. The molecule has 0 saturated heterocycles. The summed E-state index contributed by atoms with van der Waals surface area (Å²) in [6.45, 7) is 6.56. The molecule has 0 saturated carbocycles. The molecule has 9 heteroatoms. The van der Waals surface area contributed by atoms with Crippen molar-refractivity contribution in [3.8, 4) is 67.2 Å². The molecule has 0 aliphatic rings. The summed E-state index contributed by atoms with van der Waals surface area (Å²) >= 11 is 0. The van der Waals surface area contributed by atoms with Gasteiger partial charge in [0.05, 0.1) is 16.7 Å². The molecule has 15 rings (SSSR count). The van der Waals surface area contributed by atoms with Crippen LogP contribution in [-0.2, 0) is 27.6 Å². The maximum atomic E-state index is 8.33. The Morgan fingerprint density at radius 2 is 0.764 bits per heavy atom. The molecule has 0 radical (unpaired) electrons. The molecule has 0 N–H and O–H groups in total. The van der Waals surface area contributed by atoms with Crippen LogP contribution in [0.15, 0.2) is 232 Å². The summed E-state index contributed by atoms with van der Waals surface area (Å²) in [6, 6.07) is 61.0. The summed E-state index contributed by atoms with van der Waals surface area (Å²) in [5.74, 6) is -3.19. The topological polar surface area (TPSA) is 89.7 Å². The molecule has 6 aromatic carbocycles. The minimum atomic E-state index is -2.40. The van der Waals surface area contributed by atoms with Crippen LogP contribution in [-0.4, -0.2) is 15.0 Å². The van der Waals surface area contributed by atoms with Crippen molar-refractivity contribution in [2.24, 2.45) is 27.0 Å². The minimum Gasteiger partial charge on any atom is -0.437 e. The molecule has 0 aliphatic carbocycles. The lowest BCUT2D eigenvalue weighted by molar-refractivity contribution is -0.660. The molecule has 2 unspecified atom stereocenters. The molecule has 0 spiro atoms. The molecule has 0 bridgehead atoms. The van der Waals surface area contributed by atoms with Crippen molar-refractivity contribution in [2.75, 3.05) is 0 Å². The molecule has 438 valence electrons. The maximum absolute atomic E-state index is 8.33. The third kappa shape index (κ3) is 11.3. The fourth-order valence-electron chi connectivity index (χ4n) is 12.0. The van der Waals surface area contributed by atoms with E-state index < -0.39 is 25.5 Å². The number of fused-ring (bicyclic) bond motifs is 9. The molecule has 0 amide bonds.